The Kier molecular flexibility index (Phi) is 66.2. The van der Waals surface area contributed by atoms with Crippen LogP contribution in [-0.2, 0) is 65.4 Å². The first-order valence-electron chi connectivity index (χ1n) is 40.0. The standard InChI is InChI=1S/C77H150O17P2/c1-8-12-13-14-15-16-17-18-26-29-32-35-44-51-58-74(79)87-64-72(93-76(81)60-53-46-36-33-30-27-24-22-20-19-21-23-25-28-31-34-41-48-55-68(5)9-2)66-91-95(83,84)89-62-71(78)63-90-96(85,86)92-67-73(94-77(82)61-54-47-40-38-43-50-57-70(7)11-4)65-88-75(80)59-52-45-39-37-42-49-56-69(6)10-3/h68-73,78H,8-67H2,1-7H3,(H,83,84)(H,85,86)/t68?,69?,70?,71-,72-,73-/m1/s1. The summed E-state index contributed by atoms with van der Waals surface area (Å²) in [7, 11) is -9.91. The molecule has 96 heavy (non-hydrogen) atoms. The van der Waals surface area contributed by atoms with Crippen molar-refractivity contribution in [3.05, 3.63) is 0 Å². The van der Waals surface area contributed by atoms with Gasteiger partial charge in [-0.3, -0.25) is 37.3 Å². The number of phosphoric acid groups is 2. The Labute approximate surface area is 588 Å². The molecule has 0 aliphatic heterocycles. The number of hydrogen-bond donors (Lipinski definition) is 3. The minimum Gasteiger partial charge on any atom is -0.462 e. The Bertz CT molecular complexity index is 1880. The Morgan fingerprint density at radius 2 is 0.500 bits per heavy atom. The molecule has 0 aromatic heterocycles. The molecule has 0 aliphatic rings. The molecule has 570 valence electrons. The van der Waals surface area contributed by atoms with Crippen molar-refractivity contribution in [2.24, 2.45) is 17.8 Å². The van der Waals surface area contributed by atoms with Crippen LogP contribution in [0.5, 0.6) is 0 Å². The van der Waals surface area contributed by atoms with Gasteiger partial charge >= 0.3 is 39.5 Å². The van der Waals surface area contributed by atoms with Crippen LogP contribution in [0.15, 0.2) is 0 Å². The van der Waals surface area contributed by atoms with Gasteiger partial charge in [0.2, 0.25) is 0 Å². The number of aliphatic hydroxyl groups excluding tert-OH is 1. The van der Waals surface area contributed by atoms with Crippen molar-refractivity contribution in [2.75, 3.05) is 39.6 Å². The molecule has 17 nitrogen and oxygen atoms in total. The third kappa shape index (κ3) is 66.6. The molecular weight excluding hydrogens is 1260 g/mol. The van der Waals surface area contributed by atoms with Gasteiger partial charge in [-0.05, 0) is 43.4 Å². The number of phosphoric ester groups is 2. The van der Waals surface area contributed by atoms with Gasteiger partial charge in [0.1, 0.15) is 19.3 Å². The van der Waals surface area contributed by atoms with E-state index >= 15 is 0 Å². The summed E-state index contributed by atoms with van der Waals surface area (Å²) in [6, 6.07) is 0. The first-order chi connectivity index (χ1) is 46.3. The van der Waals surface area contributed by atoms with Crippen LogP contribution >= 0.6 is 15.6 Å². The number of carbonyl (C=O) groups is 4. The number of esters is 4. The van der Waals surface area contributed by atoms with Gasteiger partial charge in [0.15, 0.2) is 12.2 Å². The second-order valence-corrected chi connectivity index (χ2v) is 31.4. The second-order valence-electron chi connectivity index (χ2n) is 28.5. The molecule has 0 aromatic rings. The zero-order chi connectivity index (χ0) is 70.9. The number of hydrogen-bond acceptors (Lipinski definition) is 15. The van der Waals surface area contributed by atoms with Crippen molar-refractivity contribution in [3.8, 4) is 0 Å². The Hall–Kier alpha value is -1.94. The van der Waals surface area contributed by atoms with Crippen LogP contribution < -0.4 is 0 Å². The zero-order valence-corrected chi connectivity index (χ0v) is 64.6. The van der Waals surface area contributed by atoms with E-state index in [4.69, 9.17) is 37.0 Å². The van der Waals surface area contributed by atoms with E-state index in [1.165, 1.54) is 199 Å². The predicted octanol–water partition coefficient (Wildman–Crippen LogP) is 22.6. The molecule has 0 amide bonds. The highest BCUT2D eigenvalue weighted by atomic mass is 31.2. The van der Waals surface area contributed by atoms with Gasteiger partial charge < -0.3 is 33.8 Å². The van der Waals surface area contributed by atoms with Crippen LogP contribution in [0.25, 0.3) is 0 Å². The second kappa shape index (κ2) is 67.5. The number of rotatable bonds is 75. The third-order valence-corrected chi connectivity index (χ3v) is 20.9. The summed E-state index contributed by atoms with van der Waals surface area (Å²) in [6.07, 6.45) is 54.2. The van der Waals surface area contributed by atoms with Crippen molar-refractivity contribution in [1.82, 2.24) is 0 Å². The van der Waals surface area contributed by atoms with Gasteiger partial charge in [-0.2, -0.15) is 0 Å². The van der Waals surface area contributed by atoms with Crippen molar-refractivity contribution in [1.29, 1.82) is 0 Å². The van der Waals surface area contributed by atoms with Crippen molar-refractivity contribution >= 4 is 39.5 Å². The maximum absolute atomic E-state index is 13.1. The van der Waals surface area contributed by atoms with E-state index in [-0.39, 0.29) is 25.7 Å². The number of ether oxygens (including phenoxy) is 4. The molecule has 0 aromatic carbocycles. The first-order valence-corrected chi connectivity index (χ1v) is 43.0. The van der Waals surface area contributed by atoms with Crippen LogP contribution in [0.4, 0.5) is 0 Å². The van der Waals surface area contributed by atoms with Crippen LogP contribution in [0.2, 0.25) is 0 Å². The van der Waals surface area contributed by atoms with Gasteiger partial charge in [0.05, 0.1) is 26.4 Å². The zero-order valence-electron chi connectivity index (χ0n) is 62.8. The van der Waals surface area contributed by atoms with E-state index in [1.807, 2.05) is 0 Å². The van der Waals surface area contributed by atoms with Gasteiger partial charge in [-0.15, -0.1) is 0 Å². The average molecular weight is 1410 g/mol. The maximum Gasteiger partial charge on any atom is 0.472 e. The highest BCUT2D eigenvalue weighted by Crippen LogP contribution is 2.45. The molecule has 0 spiro atoms. The molecule has 0 saturated heterocycles. The van der Waals surface area contributed by atoms with Crippen LogP contribution in [-0.4, -0.2) is 96.7 Å². The maximum atomic E-state index is 13.1. The molecule has 0 radical (unpaired) electrons. The van der Waals surface area contributed by atoms with Crippen molar-refractivity contribution < 1.29 is 80.2 Å². The molecule has 0 rings (SSSR count). The van der Waals surface area contributed by atoms with E-state index in [0.717, 1.165) is 114 Å². The summed E-state index contributed by atoms with van der Waals surface area (Å²) < 4.78 is 68.5. The highest BCUT2D eigenvalue weighted by molar-refractivity contribution is 7.47. The lowest BCUT2D eigenvalue weighted by molar-refractivity contribution is -0.161. The molecule has 19 heteroatoms. The fraction of sp³-hybridized carbons (Fsp3) is 0.948. The normalized spacial score (nSPS) is 14.9. The summed E-state index contributed by atoms with van der Waals surface area (Å²) in [4.78, 5) is 72.8. The molecule has 8 atom stereocenters. The molecule has 0 heterocycles. The molecular formula is C77H150O17P2. The fourth-order valence-corrected chi connectivity index (χ4v) is 13.3. The highest BCUT2D eigenvalue weighted by Gasteiger charge is 2.30. The molecule has 5 unspecified atom stereocenters. The van der Waals surface area contributed by atoms with Crippen molar-refractivity contribution in [3.63, 3.8) is 0 Å². The summed E-state index contributed by atoms with van der Waals surface area (Å²) >= 11 is 0. The van der Waals surface area contributed by atoms with Gasteiger partial charge in [-0.1, -0.05) is 344 Å². The van der Waals surface area contributed by atoms with Gasteiger partial charge in [0.25, 0.3) is 0 Å². The van der Waals surface area contributed by atoms with E-state index in [0.29, 0.717) is 25.7 Å². The molecule has 0 aliphatic carbocycles. The lowest BCUT2D eigenvalue weighted by atomic mass is 9.99. The van der Waals surface area contributed by atoms with E-state index in [9.17, 15) is 43.2 Å². The summed E-state index contributed by atoms with van der Waals surface area (Å²) in [5.41, 5.74) is 0. The van der Waals surface area contributed by atoms with E-state index in [2.05, 4.69) is 48.5 Å². The van der Waals surface area contributed by atoms with E-state index in [1.54, 1.807) is 0 Å². The first kappa shape index (κ1) is 94.1. The van der Waals surface area contributed by atoms with Gasteiger partial charge in [0, 0.05) is 25.7 Å². The quantitative estimate of drug-likeness (QED) is 0.0222. The largest absolute Gasteiger partial charge is 0.472 e. The number of aliphatic hydroxyl groups is 1. The topological polar surface area (TPSA) is 237 Å². The average Bonchev–Trinajstić information content (AvgIpc) is 1.17. The lowest BCUT2D eigenvalue weighted by Gasteiger charge is -2.21. The lowest BCUT2D eigenvalue weighted by Crippen LogP contribution is -2.30. The predicted molar refractivity (Wildman–Crippen MR) is 391 cm³/mol. The van der Waals surface area contributed by atoms with Crippen LogP contribution in [0, 0.1) is 17.8 Å². The Morgan fingerprint density at radius 3 is 0.740 bits per heavy atom. The monoisotopic (exact) mass is 1410 g/mol. The summed E-state index contributed by atoms with van der Waals surface area (Å²) in [5, 5.41) is 10.6. The minimum atomic E-state index is -4.96. The number of carbonyl (C=O) groups excluding carboxylic acids is 4. The Morgan fingerprint density at radius 1 is 0.292 bits per heavy atom. The van der Waals surface area contributed by atoms with Crippen LogP contribution in [0.1, 0.15) is 395 Å². The molecule has 0 bridgehead atoms. The summed E-state index contributed by atoms with van der Waals surface area (Å²) in [6.45, 7) is 11.9. The van der Waals surface area contributed by atoms with Crippen LogP contribution in [0.3, 0.4) is 0 Å². The Balaban J connectivity index is 5.19. The molecule has 0 fully saturated rings. The van der Waals surface area contributed by atoms with Gasteiger partial charge in [-0.25, -0.2) is 9.13 Å². The van der Waals surface area contributed by atoms with Crippen molar-refractivity contribution in [2.45, 2.75) is 414 Å². The fourth-order valence-electron chi connectivity index (χ4n) is 11.7. The number of unbranched alkanes of at least 4 members (excludes halogenated alkanes) is 40. The smallest absolute Gasteiger partial charge is 0.462 e. The van der Waals surface area contributed by atoms with E-state index < -0.39 is 97.5 Å². The minimum absolute atomic E-state index is 0.102. The molecule has 0 saturated carbocycles. The molecule has 3 N–H and O–H groups in total. The SMILES string of the molecule is CCCCCCCCCCCCCCCCC(=O)OC[C@H](COP(=O)(O)OC[C@@H](O)COP(=O)(O)OC[C@@H](COC(=O)CCCCCCCCC(C)CC)OC(=O)CCCCCCCCC(C)CC)OC(=O)CCCCCCCCCCCCCCCCCCCCC(C)CC. The summed E-state index contributed by atoms with van der Waals surface area (Å²) in [5.74, 6) is 0.201. The third-order valence-electron chi connectivity index (χ3n) is 19.0.